The Balaban J connectivity index is 2.12. The van der Waals surface area contributed by atoms with Crippen LogP contribution in [0.3, 0.4) is 0 Å². The Kier molecular flexibility index (Phi) is 5.12. The fourth-order valence-corrected chi connectivity index (χ4v) is 2.68. The second kappa shape index (κ2) is 7.05. The van der Waals surface area contributed by atoms with Crippen LogP contribution in [0, 0.1) is 0 Å². The number of ether oxygens (including phenoxy) is 2. The summed E-state index contributed by atoms with van der Waals surface area (Å²) in [5, 5.41) is 0. The van der Waals surface area contributed by atoms with Gasteiger partial charge in [-0.15, -0.1) is 0 Å². The van der Waals surface area contributed by atoms with Crippen molar-refractivity contribution >= 4 is 7.60 Å². The van der Waals surface area contributed by atoms with Gasteiger partial charge in [-0.3, -0.25) is 0 Å². The molecule has 0 heterocycles. The summed E-state index contributed by atoms with van der Waals surface area (Å²) in [6.45, 7) is 3.53. The molecule has 22 heavy (non-hydrogen) atoms. The Hall–Kier alpha value is -2.39. The van der Waals surface area contributed by atoms with E-state index in [1.807, 2.05) is 0 Å². The fourth-order valence-electron chi connectivity index (χ4n) is 1.66. The molecule has 2 rings (SSSR count). The maximum Gasteiger partial charge on any atom is 0.455 e. The molecule has 0 aromatic heterocycles. The molecule has 0 radical (unpaired) electrons. The van der Waals surface area contributed by atoms with Crippen molar-refractivity contribution in [3.05, 3.63) is 60.9 Å². The van der Waals surface area contributed by atoms with Gasteiger partial charge in [-0.2, -0.15) is 0 Å². The van der Waals surface area contributed by atoms with E-state index in [1.165, 1.54) is 5.82 Å². The third kappa shape index (κ3) is 4.06. The van der Waals surface area contributed by atoms with Gasteiger partial charge in [0.1, 0.15) is 23.0 Å². The van der Waals surface area contributed by atoms with Crippen molar-refractivity contribution in [1.29, 1.82) is 0 Å². The van der Waals surface area contributed by atoms with E-state index in [1.54, 1.807) is 62.8 Å². The molecule has 116 valence electrons. The molecule has 2 aromatic rings. The first-order valence-electron chi connectivity index (χ1n) is 6.49. The molecule has 0 aliphatic heterocycles. The summed E-state index contributed by atoms with van der Waals surface area (Å²) < 4.78 is 33.6. The van der Waals surface area contributed by atoms with Crippen molar-refractivity contribution in [2.45, 2.75) is 0 Å². The summed E-state index contributed by atoms with van der Waals surface area (Å²) in [6, 6.07) is 13.4. The average molecular weight is 320 g/mol. The Labute approximate surface area is 129 Å². The molecule has 0 unspecified atom stereocenters. The van der Waals surface area contributed by atoms with E-state index in [9.17, 15) is 4.57 Å². The standard InChI is InChI=1S/C16H17O5P/c1-4-22(17,20-15-9-5-13(18-2)6-10-15)21-16-11-7-14(19-3)8-12-16/h4-12H,1H2,2-3H3. The van der Waals surface area contributed by atoms with Gasteiger partial charge in [0.25, 0.3) is 0 Å². The maximum atomic E-state index is 12.6. The molecule has 0 bridgehead atoms. The summed E-state index contributed by atoms with van der Waals surface area (Å²) >= 11 is 0. The second-order valence-corrected chi connectivity index (χ2v) is 6.07. The normalized spacial score (nSPS) is 10.6. The minimum absolute atomic E-state index is 0.401. The van der Waals surface area contributed by atoms with Gasteiger partial charge >= 0.3 is 7.60 Å². The first-order valence-corrected chi connectivity index (χ1v) is 8.10. The quantitative estimate of drug-likeness (QED) is 0.703. The lowest BCUT2D eigenvalue weighted by molar-refractivity contribution is 0.393. The SMILES string of the molecule is C=CP(=O)(Oc1ccc(OC)cc1)Oc1ccc(OC)cc1. The van der Waals surface area contributed by atoms with Gasteiger partial charge in [0.05, 0.1) is 14.2 Å². The highest BCUT2D eigenvalue weighted by molar-refractivity contribution is 7.58. The van der Waals surface area contributed by atoms with Gasteiger partial charge < -0.3 is 18.5 Å². The number of hydrogen-bond donors (Lipinski definition) is 0. The molecular formula is C16H17O5P. The number of rotatable bonds is 7. The van der Waals surface area contributed by atoms with E-state index in [0.717, 1.165) is 0 Å². The number of hydrogen-bond acceptors (Lipinski definition) is 5. The highest BCUT2D eigenvalue weighted by Crippen LogP contribution is 2.49. The van der Waals surface area contributed by atoms with E-state index < -0.39 is 7.60 Å². The average Bonchev–Trinajstić information content (AvgIpc) is 2.56. The van der Waals surface area contributed by atoms with Crippen molar-refractivity contribution in [3.63, 3.8) is 0 Å². The van der Waals surface area contributed by atoms with Gasteiger partial charge in [0.15, 0.2) is 0 Å². The molecular weight excluding hydrogens is 303 g/mol. The Morgan fingerprint density at radius 1 is 0.773 bits per heavy atom. The molecule has 0 aliphatic carbocycles. The van der Waals surface area contributed by atoms with Gasteiger partial charge in [0, 0.05) is 5.82 Å². The first-order chi connectivity index (χ1) is 10.6. The van der Waals surface area contributed by atoms with Crippen LogP contribution < -0.4 is 18.5 Å². The Morgan fingerprint density at radius 3 is 1.36 bits per heavy atom. The van der Waals surface area contributed by atoms with Gasteiger partial charge in [-0.1, -0.05) is 6.58 Å². The van der Waals surface area contributed by atoms with Crippen LogP contribution in [0.25, 0.3) is 0 Å². The first kappa shape index (κ1) is 16.0. The highest BCUT2D eigenvalue weighted by Gasteiger charge is 2.23. The van der Waals surface area contributed by atoms with E-state index in [4.69, 9.17) is 18.5 Å². The molecule has 0 aliphatic rings. The zero-order valence-corrected chi connectivity index (χ0v) is 13.3. The summed E-state index contributed by atoms with van der Waals surface area (Å²) in [7, 11) is -0.375. The Bertz CT molecular complexity index is 610. The van der Waals surface area contributed by atoms with Gasteiger partial charge in [-0.05, 0) is 48.5 Å². The summed E-state index contributed by atoms with van der Waals surface area (Å²) in [4.78, 5) is 0. The zero-order chi connectivity index (χ0) is 16.0. The molecule has 0 fully saturated rings. The Morgan fingerprint density at radius 2 is 1.09 bits per heavy atom. The van der Waals surface area contributed by atoms with Crippen molar-refractivity contribution in [1.82, 2.24) is 0 Å². The van der Waals surface area contributed by atoms with E-state index in [-0.39, 0.29) is 0 Å². The van der Waals surface area contributed by atoms with E-state index in [2.05, 4.69) is 6.58 Å². The van der Waals surface area contributed by atoms with Gasteiger partial charge in [0.2, 0.25) is 0 Å². The van der Waals surface area contributed by atoms with Crippen LogP contribution in [-0.4, -0.2) is 14.2 Å². The van der Waals surface area contributed by atoms with Crippen LogP contribution in [0.2, 0.25) is 0 Å². The molecule has 0 amide bonds. The van der Waals surface area contributed by atoms with Crippen molar-refractivity contribution in [2.75, 3.05) is 14.2 Å². The molecule has 2 aromatic carbocycles. The van der Waals surface area contributed by atoms with Gasteiger partial charge in [-0.25, -0.2) is 4.57 Å². The minimum Gasteiger partial charge on any atom is -0.497 e. The molecule has 6 heteroatoms. The lowest BCUT2D eigenvalue weighted by Gasteiger charge is -2.17. The van der Waals surface area contributed by atoms with Crippen LogP contribution in [0.5, 0.6) is 23.0 Å². The molecule has 0 atom stereocenters. The van der Waals surface area contributed by atoms with Crippen molar-refractivity contribution < 1.29 is 23.1 Å². The van der Waals surface area contributed by atoms with E-state index >= 15 is 0 Å². The zero-order valence-electron chi connectivity index (χ0n) is 12.4. The second-order valence-electron chi connectivity index (χ2n) is 4.26. The van der Waals surface area contributed by atoms with Crippen LogP contribution in [0.1, 0.15) is 0 Å². The van der Waals surface area contributed by atoms with E-state index in [0.29, 0.717) is 23.0 Å². The topological polar surface area (TPSA) is 54.0 Å². The smallest absolute Gasteiger partial charge is 0.455 e. The van der Waals surface area contributed by atoms with Crippen LogP contribution in [0.4, 0.5) is 0 Å². The summed E-state index contributed by atoms with van der Waals surface area (Å²) in [5.41, 5.74) is 0. The van der Waals surface area contributed by atoms with Crippen molar-refractivity contribution in [2.24, 2.45) is 0 Å². The molecule has 0 saturated heterocycles. The molecule has 0 spiro atoms. The van der Waals surface area contributed by atoms with Crippen LogP contribution >= 0.6 is 7.60 Å². The molecule has 0 saturated carbocycles. The third-order valence-corrected chi connectivity index (χ3v) is 4.19. The fraction of sp³-hybridized carbons (Fsp3) is 0.125. The number of benzene rings is 2. The maximum absolute atomic E-state index is 12.6. The van der Waals surface area contributed by atoms with Crippen LogP contribution in [0.15, 0.2) is 60.9 Å². The third-order valence-electron chi connectivity index (χ3n) is 2.81. The van der Waals surface area contributed by atoms with Crippen molar-refractivity contribution in [3.8, 4) is 23.0 Å². The lowest BCUT2D eigenvalue weighted by Crippen LogP contribution is -1.98. The monoisotopic (exact) mass is 320 g/mol. The molecule has 5 nitrogen and oxygen atoms in total. The summed E-state index contributed by atoms with van der Waals surface area (Å²) in [5.74, 6) is 3.32. The molecule has 0 N–H and O–H groups in total. The highest BCUT2D eigenvalue weighted by atomic mass is 31.2. The summed E-state index contributed by atoms with van der Waals surface area (Å²) in [6.07, 6.45) is 0. The largest absolute Gasteiger partial charge is 0.497 e. The minimum atomic E-state index is -3.51. The lowest BCUT2D eigenvalue weighted by atomic mass is 10.3. The van der Waals surface area contributed by atoms with Crippen LogP contribution in [-0.2, 0) is 4.57 Å². The predicted molar refractivity (Wildman–Crippen MR) is 85.0 cm³/mol. The predicted octanol–water partition coefficient (Wildman–Crippen LogP) is 4.50. The number of methoxy groups -OCH3 is 2.